The van der Waals surface area contributed by atoms with E-state index in [1.54, 1.807) is 12.3 Å². The maximum Gasteiger partial charge on any atom is 0.229 e. The molecule has 1 aromatic rings. The van der Waals surface area contributed by atoms with Crippen LogP contribution in [-0.4, -0.2) is 11.4 Å². The van der Waals surface area contributed by atoms with Crippen LogP contribution < -0.4 is 9.84 Å². The molecule has 0 aliphatic carbocycles. The van der Waals surface area contributed by atoms with Gasteiger partial charge in [0.1, 0.15) is 5.03 Å². The van der Waals surface area contributed by atoms with E-state index in [9.17, 15) is 4.79 Å². The number of carbonyl (C=O) groups is 1. The highest BCUT2D eigenvalue weighted by atomic mass is 32.2. The van der Waals surface area contributed by atoms with Gasteiger partial charge in [0.05, 0.1) is 5.69 Å². The van der Waals surface area contributed by atoms with E-state index in [2.05, 4.69) is 15.9 Å². The number of hydrazine groups is 1. The predicted octanol–water partition coefficient (Wildman–Crippen LogP) is 0.370. The zero-order chi connectivity index (χ0) is 7.68. The van der Waals surface area contributed by atoms with E-state index in [0.29, 0.717) is 6.41 Å². The van der Waals surface area contributed by atoms with E-state index in [1.165, 1.54) is 17.0 Å². The van der Waals surface area contributed by atoms with Crippen LogP contribution in [0.3, 0.4) is 0 Å². The van der Waals surface area contributed by atoms with Gasteiger partial charge >= 0.3 is 0 Å². The lowest BCUT2D eigenvalue weighted by Gasteiger charge is -2.05. The third-order valence-electron chi connectivity index (χ3n) is 1.30. The SMILES string of the molecule is O=CN1NSc2nc[c]cc21. The van der Waals surface area contributed by atoms with Crippen LogP contribution in [0.4, 0.5) is 5.69 Å². The summed E-state index contributed by atoms with van der Waals surface area (Å²) in [6.45, 7) is 0. The predicted molar refractivity (Wildman–Crippen MR) is 40.6 cm³/mol. The minimum absolute atomic E-state index is 0.703. The van der Waals surface area contributed by atoms with Gasteiger partial charge in [-0.15, -0.1) is 0 Å². The summed E-state index contributed by atoms with van der Waals surface area (Å²) in [7, 11) is 0. The summed E-state index contributed by atoms with van der Waals surface area (Å²) in [6.07, 6.45) is 2.27. The summed E-state index contributed by atoms with van der Waals surface area (Å²) in [6, 6.07) is 4.50. The van der Waals surface area contributed by atoms with Gasteiger partial charge in [0.2, 0.25) is 6.41 Å². The Morgan fingerprint density at radius 1 is 1.82 bits per heavy atom. The molecule has 0 saturated heterocycles. The molecule has 1 aliphatic heterocycles. The van der Waals surface area contributed by atoms with E-state index < -0.39 is 0 Å². The number of pyridine rings is 1. The summed E-state index contributed by atoms with van der Waals surface area (Å²) >= 11 is 1.31. The fourth-order valence-electron chi connectivity index (χ4n) is 0.811. The second kappa shape index (κ2) is 2.52. The quantitative estimate of drug-likeness (QED) is 0.483. The molecule has 0 aromatic carbocycles. The third kappa shape index (κ3) is 0.979. The van der Waals surface area contributed by atoms with E-state index in [4.69, 9.17) is 0 Å². The van der Waals surface area contributed by atoms with Crippen LogP contribution in [0.2, 0.25) is 0 Å². The molecule has 0 unspecified atom stereocenters. The Kier molecular flexibility index (Phi) is 1.52. The molecular formula is C6H4N3OS. The lowest BCUT2D eigenvalue weighted by molar-refractivity contribution is -0.107. The Balaban J connectivity index is 2.46. The summed E-state index contributed by atoms with van der Waals surface area (Å²) in [5, 5.41) is 2.17. The van der Waals surface area contributed by atoms with Crippen molar-refractivity contribution in [1.82, 2.24) is 9.82 Å². The Morgan fingerprint density at radius 3 is 3.55 bits per heavy atom. The Morgan fingerprint density at radius 2 is 2.73 bits per heavy atom. The van der Waals surface area contributed by atoms with Gasteiger partial charge in [0.15, 0.2) is 0 Å². The number of nitrogens with zero attached hydrogens (tertiary/aromatic N) is 2. The van der Waals surface area contributed by atoms with Crippen LogP contribution in [0.25, 0.3) is 0 Å². The highest BCUT2D eigenvalue weighted by Crippen LogP contribution is 2.30. The Hall–Kier alpha value is -1.07. The summed E-state index contributed by atoms with van der Waals surface area (Å²) in [4.78, 5) is 17.2. The molecule has 55 valence electrons. The molecule has 4 nitrogen and oxygen atoms in total. The molecule has 1 aliphatic rings. The van der Waals surface area contributed by atoms with Gasteiger partial charge in [-0.3, -0.25) is 4.79 Å². The van der Waals surface area contributed by atoms with Gasteiger partial charge in [-0.2, -0.15) is 4.83 Å². The maximum absolute atomic E-state index is 10.4. The van der Waals surface area contributed by atoms with Crippen LogP contribution in [0, 0.1) is 6.07 Å². The molecular weight excluding hydrogens is 162 g/mol. The summed E-state index contributed by atoms with van der Waals surface area (Å²) < 4.78 is 0. The molecule has 0 bridgehead atoms. The molecule has 0 saturated carbocycles. The van der Waals surface area contributed by atoms with Crippen molar-refractivity contribution in [3.05, 3.63) is 18.3 Å². The van der Waals surface area contributed by atoms with E-state index in [-0.39, 0.29) is 0 Å². The van der Waals surface area contributed by atoms with E-state index in [1.807, 2.05) is 0 Å². The standard InChI is InChI=1S/C6H4N3OS/c10-4-9-5-2-1-3-7-6(5)11-8-9/h2-4,8H. The van der Waals surface area contributed by atoms with Crippen molar-refractivity contribution in [1.29, 1.82) is 0 Å². The van der Waals surface area contributed by atoms with Crippen molar-refractivity contribution in [2.75, 3.05) is 5.01 Å². The lowest BCUT2D eigenvalue weighted by Crippen LogP contribution is -2.26. The first-order valence-corrected chi connectivity index (χ1v) is 3.76. The molecule has 2 heterocycles. The van der Waals surface area contributed by atoms with Crippen molar-refractivity contribution < 1.29 is 4.79 Å². The average Bonchev–Trinajstić information content (AvgIpc) is 2.47. The Bertz CT molecular complexity index is 291. The van der Waals surface area contributed by atoms with Crippen LogP contribution in [-0.2, 0) is 4.79 Å². The number of amides is 1. The number of hydrogen-bond donors (Lipinski definition) is 1. The second-order valence-corrected chi connectivity index (χ2v) is 2.70. The molecule has 1 aromatic heterocycles. The number of nitrogens with one attached hydrogen (secondary N) is 1. The third-order valence-corrected chi connectivity index (χ3v) is 2.10. The van der Waals surface area contributed by atoms with E-state index in [0.717, 1.165) is 10.7 Å². The van der Waals surface area contributed by atoms with Gasteiger partial charge in [-0.1, -0.05) is 0 Å². The van der Waals surface area contributed by atoms with Crippen LogP contribution >= 0.6 is 11.9 Å². The number of aromatic nitrogens is 1. The van der Waals surface area contributed by atoms with Crippen molar-refractivity contribution in [3.8, 4) is 0 Å². The molecule has 0 atom stereocenters. The van der Waals surface area contributed by atoms with Crippen LogP contribution in [0.15, 0.2) is 17.3 Å². The number of anilines is 1. The first-order valence-electron chi connectivity index (χ1n) is 2.95. The minimum atomic E-state index is 0.703. The van der Waals surface area contributed by atoms with Crippen LogP contribution in [0.5, 0.6) is 0 Å². The molecule has 1 amide bonds. The molecule has 11 heavy (non-hydrogen) atoms. The fourth-order valence-corrected chi connectivity index (χ4v) is 1.50. The van der Waals surface area contributed by atoms with Gasteiger partial charge in [0, 0.05) is 12.3 Å². The molecule has 1 N–H and O–H groups in total. The lowest BCUT2D eigenvalue weighted by atomic mass is 10.4. The first-order chi connectivity index (χ1) is 5.42. The normalized spacial score (nSPS) is 14.7. The largest absolute Gasteiger partial charge is 0.277 e. The van der Waals surface area contributed by atoms with Crippen molar-refractivity contribution in [2.24, 2.45) is 0 Å². The van der Waals surface area contributed by atoms with Crippen molar-refractivity contribution in [3.63, 3.8) is 0 Å². The minimum Gasteiger partial charge on any atom is -0.277 e. The van der Waals surface area contributed by atoms with E-state index >= 15 is 0 Å². The zero-order valence-corrected chi connectivity index (χ0v) is 6.26. The smallest absolute Gasteiger partial charge is 0.229 e. The fraction of sp³-hybridized carbons (Fsp3) is 0. The van der Waals surface area contributed by atoms with Crippen molar-refractivity contribution >= 4 is 24.0 Å². The van der Waals surface area contributed by atoms with Crippen molar-refractivity contribution in [2.45, 2.75) is 5.03 Å². The highest BCUT2D eigenvalue weighted by molar-refractivity contribution is 7.97. The number of fused-ring (bicyclic) bond motifs is 1. The van der Waals surface area contributed by atoms with Crippen LogP contribution in [0.1, 0.15) is 0 Å². The maximum atomic E-state index is 10.4. The van der Waals surface area contributed by atoms with Gasteiger partial charge < -0.3 is 0 Å². The zero-order valence-electron chi connectivity index (χ0n) is 5.44. The topological polar surface area (TPSA) is 45.2 Å². The molecule has 2 rings (SSSR count). The monoisotopic (exact) mass is 166 g/mol. The van der Waals surface area contributed by atoms with Gasteiger partial charge in [-0.05, 0) is 18.0 Å². The highest BCUT2D eigenvalue weighted by Gasteiger charge is 2.18. The second-order valence-electron chi connectivity index (χ2n) is 1.93. The summed E-state index contributed by atoms with van der Waals surface area (Å²) in [5.41, 5.74) is 0.757. The molecule has 1 radical (unpaired) electrons. The molecule has 0 spiro atoms. The summed E-state index contributed by atoms with van der Waals surface area (Å²) in [5.74, 6) is 0. The molecule has 0 fully saturated rings. The Labute approximate surface area is 67.7 Å². The first kappa shape index (κ1) is 6.63. The number of hydrogen-bond acceptors (Lipinski definition) is 4. The average molecular weight is 166 g/mol. The number of rotatable bonds is 1. The van der Waals surface area contributed by atoms with Gasteiger partial charge in [-0.25, -0.2) is 9.99 Å². The van der Waals surface area contributed by atoms with Gasteiger partial charge in [0.25, 0.3) is 0 Å². The number of carbonyl (C=O) groups excluding carboxylic acids is 1. The molecule has 5 heteroatoms.